The predicted octanol–water partition coefficient (Wildman–Crippen LogP) is 0.906. The molecule has 5 heteroatoms. The maximum absolute atomic E-state index is 13.6. The maximum atomic E-state index is 13.6. The van der Waals surface area contributed by atoms with Crippen molar-refractivity contribution in [3.63, 3.8) is 0 Å². The van der Waals surface area contributed by atoms with E-state index in [1.807, 2.05) is 0 Å². The van der Waals surface area contributed by atoms with Crippen LogP contribution in [0.2, 0.25) is 0 Å². The van der Waals surface area contributed by atoms with E-state index in [1.54, 1.807) is 18.2 Å². The lowest BCUT2D eigenvalue weighted by Crippen LogP contribution is -2.48. The molecule has 0 aromatic heterocycles. The Labute approximate surface area is 99.2 Å². The zero-order chi connectivity index (χ0) is 12.3. The molecule has 0 aliphatic carbocycles. The Morgan fingerprint density at radius 3 is 2.94 bits per heavy atom. The predicted molar refractivity (Wildman–Crippen MR) is 62.2 cm³/mol. The number of carbonyl (C=O) groups excluding carboxylic acids is 1. The molecule has 1 unspecified atom stereocenters. The Morgan fingerprint density at radius 1 is 1.47 bits per heavy atom. The number of hydrogen-bond acceptors (Lipinski definition) is 3. The number of hydrogen-bond donors (Lipinski definition) is 1. The Balaban J connectivity index is 2.21. The standard InChI is InChI=1S/C12H15FN2O2/c13-9-3-1-2-4-10(9)15-7-8-17-11(5-6-14)12(15)16/h1-4,11H,5-8,14H2. The lowest BCUT2D eigenvalue weighted by atomic mass is 10.1. The van der Waals surface area contributed by atoms with Gasteiger partial charge < -0.3 is 15.4 Å². The van der Waals surface area contributed by atoms with Crippen molar-refractivity contribution in [3.8, 4) is 0 Å². The highest BCUT2D eigenvalue weighted by atomic mass is 19.1. The van der Waals surface area contributed by atoms with E-state index in [0.717, 1.165) is 0 Å². The SMILES string of the molecule is NCCC1OCCN(c2ccccc2F)C1=O. The van der Waals surface area contributed by atoms with E-state index < -0.39 is 11.9 Å². The Hall–Kier alpha value is -1.46. The number of para-hydroxylation sites is 1. The van der Waals surface area contributed by atoms with Gasteiger partial charge in [-0.3, -0.25) is 4.79 Å². The van der Waals surface area contributed by atoms with Gasteiger partial charge in [0.05, 0.1) is 12.3 Å². The van der Waals surface area contributed by atoms with Crippen molar-refractivity contribution in [3.05, 3.63) is 30.1 Å². The van der Waals surface area contributed by atoms with E-state index in [2.05, 4.69) is 0 Å². The molecule has 0 radical (unpaired) electrons. The summed E-state index contributed by atoms with van der Waals surface area (Å²) in [6, 6.07) is 6.24. The molecule has 1 fully saturated rings. The number of halogens is 1. The number of carbonyl (C=O) groups is 1. The monoisotopic (exact) mass is 238 g/mol. The summed E-state index contributed by atoms with van der Waals surface area (Å²) in [5, 5.41) is 0. The zero-order valence-electron chi connectivity index (χ0n) is 9.43. The lowest BCUT2D eigenvalue weighted by molar-refractivity contribution is -0.134. The Bertz CT molecular complexity index is 409. The van der Waals surface area contributed by atoms with Crippen LogP contribution in [0.25, 0.3) is 0 Å². The summed E-state index contributed by atoms with van der Waals surface area (Å²) in [6.07, 6.45) is -0.0857. The number of amides is 1. The molecule has 0 saturated carbocycles. The molecule has 0 bridgehead atoms. The third-order valence-corrected chi connectivity index (χ3v) is 2.75. The number of anilines is 1. The van der Waals surface area contributed by atoms with Crippen LogP contribution in [0.15, 0.2) is 24.3 Å². The highest BCUT2D eigenvalue weighted by Gasteiger charge is 2.30. The lowest BCUT2D eigenvalue weighted by Gasteiger charge is -2.32. The van der Waals surface area contributed by atoms with Gasteiger partial charge in [-0.2, -0.15) is 0 Å². The molecular weight excluding hydrogens is 223 g/mol. The van der Waals surface area contributed by atoms with Crippen LogP contribution < -0.4 is 10.6 Å². The van der Waals surface area contributed by atoms with Gasteiger partial charge in [0, 0.05) is 6.54 Å². The molecule has 2 N–H and O–H groups in total. The van der Waals surface area contributed by atoms with Crippen LogP contribution in [0, 0.1) is 5.82 Å². The first kappa shape index (κ1) is 12.0. The zero-order valence-corrected chi connectivity index (χ0v) is 9.43. The van der Waals surface area contributed by atoms with Gasteiger partial charge in [-0.1, -0.05) is 12.1 Å². The van der Waals surface area contributed by atoms with Crippen LogP contribution in [-0.4, -0.2) is 31.7 Å². The molecule has 1 aliphatic rings. The molecule has 17 heavy (non-hydrogen) atoms. The molecule has 1 heterocycles. The molecule has 4 nitrogen and oxygen atoms in total. The summed E-state index contributed by atoms with van der Waals surface area (Å²) in [5.41, 5.74) is 5.72. The van der Waals surface area contributed by atoms with Crippen LogP contribution >= 0.6 is 0 Å². The second kappa shape index (κ2) is 5.25. The largest absolute Gasteiger partial charge is 0.366 e. The summed E-state index contributed by atoms with van der Waals surface area (Å²) in [6.45, 7) is 1.16. The second-order valence-electron chi connectivity index (χ2n) is 3.88. The van der Waals surface area contributed by atoms with Gasteiger partial charge in [0.15, 0.2) is 0 Å². The van der Waals surface area contributed by atoms with Gasteiger partial charge in [0.1, 0.15) is 11.9 Å². The molecule has 1 atom stereocenters. The van der Waals surface area contributed by atoms with Crippen molar-refractivity contribution in [2.24, 2.45) is 5.73 Å². The molecule has 2 rings (SSSR count). The van der Waals surface area contributed by atoms with Crippen molar-refractivity contribution < 1.29 is 13.9 Å². The third kappa shape index (κ3) is 2.45. The van der Waals surface area contributed by atoms with Gasteiger partial charge in [0.25, 0.3) is 5.91 Å². The number of nitrogens with zero attached hydrogens (tertiary/aromatic N) is 1. The summed E-state index contributed by atoms with van der Waals surface area (Å²) in [4.78, 5) is 13.5. The first-order valence-corrected chi connectivity index (χ1v) is 5.61. The van der Waals surface area contributed by atoms with E-state index in [4.69, 9.17) is 10.5 Å². The number of nitrogens with two attached hydrogens (primary N) is 1. The van der Waals surface area contributed by atoms with E-state index in [9.17, 15) is 9.18 Å². The van der Waals surface area contributed by atoms with Crippen molar-refractivity contribution >= 4 is 11.6 Å². The van der Waals surface area contributed by atoms with E-state index >= 15 is 0 Å². The smallest absolute Gasteiger partial charge is 0.256 e. The minimum atomic E-state index is -0.548. The quantitative estimate of drug-likeness (QED) is 0.851. The summed E-state index contributed by atoms with van der Waals surface area (Å²) < 4.78 is 18.9. The summed E-state index contributed by atoms with van der Waals surface area (Å²) in [7, 11) is 0. The topological polar surface area (TPSA) is 55.6 Å². The fraction of sp³-hybridized carbons (Fsp3) is 0.417. The van der Waals surface area contributed by atoms with Gasteiger partial charge in [-0.05, 0) is 25.1 Å². The maximum Gasteiger partial charge on any atom is 0.256 e. The minimum absolute atomic E-state index is 0.216. The highest BCUT2D eigenvalue weighted by molar-refractivity contribution is 5.97. The number of ether oxygens (including phenoxy) is 1. The molecule has 1 aromatic rings. The fourth-order valence-corrected chi connectivity index (χ4v) is 1.91. The molecule has 1 aliphatic heterocycles. The van der Waals surface area contributed by atoms with E-state index in [0.29, 0.717) is 31.8 Å². The average Bonchev–Trinajstić information content (AvgIpc) is 2.33. The van der Waals surface area contributed by atoms with Crippen LogP contribution in [0.5, 0.6) is 0 Å². The van der Waals surface area contributed by atoms with Gasteiger partial charge >= 0.3 is 0 Å². The van der Waals surface area contributed by atoms with Crippen molar-refractivity contribution in [1.82, 2.24) is 0 Å². The van der Waals surface area contributed by atoms with Gasteiger partial charge in [0.2, 0.25) is 0 Å². The van der Waals surface area contributed by atoms with Crippen LogP contribution in [0.4, 0.5) is 10.1 Å². The minimum Gasteiger partial charge on any atom is -0.366 e. The Morgan fingerprint density at radius 2 is 2.24 bits per heavy atom. The van der Waals surface area contributed by atoms with E-state index in [-0.39, 0.29) is 5.91 Å². The molecule has 1 amide bonds. The van der Waals surface area contributed by atoms with Crippen LogP contribution in [0.3, 0.4) is 0 Å². The van der Waals surface area contributed by atoms with Crippen molar-refractivity contribution in [2.45, 2.75) is 12.5 Å². The van der Waals surface area contributed by atoms with Crippen molar-refractivity contribution in [2.75, 3.05) is 24.6 Å². The summed E-state index contributed by atoms with van der Waals surface area (Å²) in [5.74, 6) is -0.610. The second-order valence-corrected chi connectivity index (χ2v) is 3.88. The molecular formula is C12H15FN2O2. The highest BCUT2D eigenvalue weighted by Crippen LogP contribution is 2.22. The number of morpholine rings is 1. The first-order valence-electron chi connectivity index (χ1n) is 5.61. The molecule has 92 valence electrons. The van der Waals surface area contributed by atoms with Crippen LogP contribution in [-0.2, 0) is 9.53 Å². The van der Waals surface area contributed by atoms with E-state index in [1.165, 1.54) is 11.0 Å². The van der Waals surface area contributed by atoms with Gasteiger partial charge in [-0.15, -0.1) is 0 Å². The van der Waals surface area contributed by atoms with Crippen molar-refractivity contribution in [1.29, 1.82) is 0 Å². The van der Waals surface area contributed by atoms with Gasteiger partial charge in [-0.25, -0.2) is 4.39 Å². The number of benzene rings is 1. The fourth-order valence-electron chi connectivity index (χ4n) is 1.91. The molecule has 1 saturated heterocycles. The van der Waals surface area contributed by atoms with Crippen LogP contribution in [0.1, 0.15) is 6.42 Å². The molecule has 0 spiro atoms. The summed E-state index contributed by atoms with van der Waals surface area (Å²) >= 11 is 0. The average molecular weight is 238 g/mol. The molecule has 1 aromatic carbocycles. The normalized spacial score (nSPS) is 20.7. The first-order chi connectivity index (χ1) is 8.24. The Kier molecular flexibility index (Phi) is 3.71. The number of rotatable bonds is 3. The third-order valence-electron chi connectivity index (χ3n) is 2.75.